The van der Waals surface area contributed by atoms with E-state index in [1.807, 2.05) is 84.9 Å². The molecule has 0 aliphatic carbocycles. The summed E-state index contributed by atoms with van der Waals surface area (Å²) >= 11 is 0. The van der Waals surface area contributed by atoms with Gasteiger partial charge in [0.25, 0.3) is 0 Å². The molecule has 0 fully saturated rings. The van der Waals surface area contributed by atoms with Gasteiger partial charge in [0.1, 0.15) is 6.17 Å². The fraction of sp³-hybridized carbons (Fsp3) is 0.0909. The maximum absolute atomic E-state index is 13.3. The van der Waals surface area contributed by atoms with E-state index in [-0.39, 0.29) is 12.2 Å². The summed E-state index contributed by atoms with van der Waals surface area (Å²) in [5, 5.41) is 4.74. The van der Waals surface area contributed by atoms with Crippen LogP contribution in [0.3, 0.4) is 0 Å². The molecule has 0 spiro atoms. The normalized spacial score (nSPS) is 14.9. The smallest absolute Gasteiger partial charge is 0.315 e. The van der Waals surface area contributed by atoms with Gasteiger partial charge in [0.05, 0.1) is 17.1 Å². The van der Waals surface area contributed by atoms with E-state index in [0.717, 1.165) is 22.6 Å². The van der Waals surface area contributed by atoms with Crippen LogP contribution in [0.25, 0.3) is 0 Å². The van der Waals surface area contributed by atoms with Crippen molar-refractivity contribution in [3.8, 4) is 0 Å². The Kier molecular flexibility index (Phi) is 4.93. The third-order valence-electron chi connectivity index (χ3n) is 4.69. The number of hydrogen-bond acceptors (Lipinski definition) is 3. The molecule has 0 aromatic heterocycles. The summed E-state index contributed by atoms with van der Waals surface area (Å²) in [6, 6.07) is 26.4. The van der Waals surface area contributed by atoms with Gasteiger partial charge in [-0.05, 0) is 35.9 Å². The molecule has 0 radical (unpaired) electrons. The number of nitrogens with one attached hydrogen (secondary N) is 2. The van der Waals surface area contributed by atoms with Crippen LogP contribution in [-0.4, -0.2) is 18.6 Å². The van der Waals surface area contributed by atoms with E-state index in [4.69, 9.17) is 0 Å². The first-order chi connectivity index (χ1) is 13.8. The van der Waals surface area contributed by atoms with Gasteiger partial charge in [0.2, 0.25) is 6.41 Å². The molecule has 3 aromatic rings. The van der Waals surface area contributed by atoms with Crippen LogP contribution in [-0.2, 0) is 11.2 Å². The van der Waals surface area contributed by atoms with Crippen LogP contribution in [0, 0.1) is 0 Å². The van der Waals surface area contributed by atoms with Crippen molar-refractivity contribution < 1.29 is 9.59 Å². The average molecular weight is 372 g/mol. The van der Waals surface area contributed by atoms with E-state index in [0.29, 0.717) is 12.8 Å². The van der Waals surface area contributed by atoms with Crippen molar-refractivity contribution >= 4 is 29.5 Å². The number of carbonyl (C=O) groups is 2. The summed E-state index contributed by atoms with van der Waals surface area (Å²) in [4.78, 5) is 26.0. The molecule has 3 aromatic carbocycles. The fourth-order valence-electron chi connectivity index (χ4n) is 3.46. The first-order valence-corrected chi connectivity index (χ1v) is 9.05. The molecule has 28 heavy (non-hydrogen) atoms. The van der Waals surface area contributed by atoms with E-state index < -0.39 is 0 Å². The molecular formula is C22H20N4O2. The van der Waals surface area contributed by atoms with Crippen molar-refractivity contribution in [2.24, 2.45) is 0 Å². The summed E-state index contributed by atoms with van der Waals surface area (Å²) in [7, 11) is 0. The molecule has 6 heteroatoms. The van der Waals surface area contributed by atoms with Crippen molar-refractivity contribution in [2.45, 2.75) is 12.6 Å². The lowest BCUT2D eigenvalue weighted by Gasteiger charge is -2.30. The molecule has 1 atom stereocenters. The Labute approximate surface area is 163 Å². The van der Waals surface area contributed by atoms with Crippen molar-refractivity contribution in [2.75, 3.05) is 9.91 Å². The fourth-order valence-corrected chi connectivity index (χ4v) is 3.46. The Hall–Kier alpha value is -3.80. The predicted molar refractivity (Wildman–Crippen MR) is 109 cm³/mol. The summed E-state index contributed by atoms with van der Waals surface area (Å²) in [5.74, 6) is 0. The van der Waals surface area contributed by atoms with Gasteiger partial charge < -0.3 is 5.32 Å². The van der Waals surface area contributed by atoms with Crippen molar-refractivity contribution in [1.82, 2.24) is 10.7 Å². The highest BCUT2D eigenvalue weighted by Gasteiger charge is 2.32. The standard InChI is InChI=1S/C22H20N4O2/c27-16-23-26-20-14-8-7-9-17(20)15-21(26)24-22(28)25(18-10-3-1-4-11-18)19-12-5-2-6-13-19/h1-14,16,21H,15H2,(H,23,27)(H,24,28). The van der Waals surface area contributed by atoms with Gasteiger partial charge in [-0.1, -0.05) is 54.6 Å². The largest absolute Gasteiger partial charge is 0.328 e. The zero-order valence-corrected chi connectivity index (χ0v) is 15.2. The number of para-hydroxylation sites is 3. The lowest BCUT2D eigenvalue weighted by molar-refractivity contribution is -0.109. The Morgan fingerprint density at radius 2 is 1.46 bits per heavy atom. The third kappa shape index (κ3) is 3.40. The molecule has 3 amide bonds. The topological polar surface area (TPSA) is 64.7 Å². The second-order valence-electron chi connectivity index (χ2n) is 6.42. The number of fused-ring (bicyclic) bond motifs is 1. The van der Waals surface area contributed by atoms with E-state index in [9.17, 15) is 9.59 Å². The quantitative estimate of drug-likeness (QED) is 0.673. The van der Waals surface area contributed by atoms with Crippen LogP contribution in [0.1, 0.15) is 5.56 Å². The van der Waals surface area contributed by atoms with Crippen LogP contribution >= 0.6 is 0 Å². The number of benzene rings is 3. The number of amides is 3. The number of carbonyl (C=O) groups excluding carboxylic acids is 2. The van der Waals surface area contributed by atoms with Gasteiger partial charge in [-0.3, -0.25) is 20.1 Å². The SMILES string of the molecule is O=CNN1c2ccccc2CC1NC(=O)N(c1ccccc1)c1ccccc1. The van der Waals surface area contributed by atoms with Gasteiger partial charge in [0, 0.05) is 6.42 Å². The van der Waals surface area contributed by atoms with Gasteiger partial charge in [-0.15, -0.1) is 0 Å². The van der Waals surface area contributed by atoms with Crippen molar-refractivity contribution in [1.29, 1.82) is 0 Å². The molecule has 0 saturated heterocycles. The summed E-state index contributed by atoms with van der Waals surface area (Å²) in [6.45, 7) is 0. The van der Waals surface area contributed by atoms with Gasteiger partial charge in [0.15, 0.2) is 0 Å². The van der Waals surface area contributed by atoms with Crippen LogP contribution in [0.15, 0.2) is 84.9 Å². The van der Waals surface area contributed by atoms with Crippen LogP contribution in [0.2, 0.25) is 0 Å². The lowest BCUT2D eigenvalue weighted by Crippen LogP contribution is -2.54. The molecular weight excluding hydrogens is 352 g/mol. The van der Waals surface area contributed by atoms with Gasteiger partial charge in [-0.2, -0.15) is 0 Å². The van der Waals surface area contributed by atoms with E-state index in [1.165, 1.54) is 0 Å². The molecule has 140 valence electrons. The Balaban J connectivity index is 1.62. The second kappa shape index (κ2) is 7.84. The minimum Gasteiger partial charge on any atom is -0.315 e. The maximum atomic E-state index is 13.3. The Morgan fingerprint density at radius 3 is 2.07 bits per heavy atom. The molecule has 1 unspecified atom stereocenters. The molecule has 1 aliphatic rings. The third-order valence-corrected chi connectivity index (χ3v) is 4.69. The molecule has 2 N–H and O–H groups in total. The minimum atomic E-state index is -0.384. The number of urea groups is 1. The van der Waals surface area contributed by atoms with Gasteiger partial charge in [-0.25, -0.2) is 4.79 Å². The number of nitrogens with zero attached hydrogens (tertiary/aromatic N) is 2. The number of anilines is 3. The van der Waals surface area contributed by atoms with Crippen LogP contribution < -0.4 is 20.7 Å². The number of hydrogen-bond donors (Lipinski definition) is 2. The zero-order chi connectivity index (χ0) is 19.3. The van der Waals surface area contributed by atoms with Crippen LogP contribution in [0.5, 0.6) is 0 Å². The van der Waals surface area contributed by atoms with E-state index >= 15 is 0 Å². The summed E-state index contributed by atoms with van der Waals surface area (Å²) < 4.78 is 0. The maximum Gasteiger partial charge on any atom is 0.328 e. The minimum absolute atomic E-state index is 0.270. The zero-order valence-electron chi connectivity index (χ0n) is 15.2. The van der Waals surface area contributed by atoms with Crippen molar-refractivity contribution in [3.63, 3.8) is 0 Å². The monoisotopic (exact) mass is 372 g/mol. The van der Waals surface area contributed by atoms with Crippen molar-refractivity contribution in [3.05, 3.63) is 90.5 Å². The number of hydrazine groups is 1. The molecule has 0 saturated carbocycles. The molecule has 1 heterocycles. The van der Waals surface area contributed by atoms with Gasteiger partial charge >= 0.3 is 6.03 Å². The second-order valence-corrected chi connectivity index (χ2v) is 6.42. The van der Waals surface area contributed by atoms with E-state index in [1.54, 1.807) is 9.91 Å². The predicted octanol–water partition coefficient (Wildman–Crippen LogP) is 3.58. The van der Waals surface area contributed by atoms with E-state index in [2.05, 4.69) is 10.7 Å². The lowest BCUT2D eigenvalue weighted by atomic mass is 10.1. The molecule has 4 rings (SSSR count). The first kappa shape index (κ1) is 17.6. The Morgan fingerprint density at radius 1 is 0.893 bits per heavy atom. The van der Waals surface area contributed by atoms with Crippen LogP contribution in [0.4, 0.5) is 21.9 Å². The average Bonchev–Trinajstić information content (AvgIpc) is 3.07. The molecule has 6 nitrogen and oxygen atoms in total. The highest BCUT2D eigenvalue weighted by molar-refractivity contribution is 5.99. The highest BCUT2D eigenvalue weighted by Crippen LogP contribution is 2.30. The summed E-state index contributed by atoms with van der Waals surface area (Å²) in [6.07, 6.45) is 0.832. The summed E-state index contributed by atoms with van der Waals surface area (Å²) in [5.41, 5.74) is 6.16. The molecule has 1 aliphatic heterocycles. The Bertz CT molecular complexity index is 923. The molecule has 0 bridgehead atoms. The first-order valence-electron chi connectivity index (χ1n) is 9.05. The number of rotatable bonds is 5. The highest BCUT2D eigenvalue weighted by atomic mass is 16.2.